The normalized spacial score (nSPS) is 16.3. The molecule has 1 aliphatic rings. The molecule has 4 amide bonds. The van der Waals surface area contributed by atoms with Crippen LogP contribution in [0.15, 0.2) is 34.7 Å². The van der Waals surface area contributed by atoms with Crippen molar-refractivity contribution in [1.29, 1.82) is 0 Å². The standard InChI is InChI=1S/C17H16N2O5/c1-18-15(21)14(16(22)19(2)17(18)23)12(20)8-7-11-9-10-5-3-4-6-13(10)24-11/h3-6,9,14H,7-8H2,1-2H3. The maximum atomic E-state index is 12.4. The van der Waals surface area contributed by atoms with E-state index in [1.807, 2.05) is 30.3 Å². The lowest BCUT2D eigenvalue weighted by Crippen LogP contribution is -2.58. The summed E-state index contributed by atoms with van der Waals surface area (Å²) in [5.41, 5.74) is 0.717. The molecule has 7 nitrogen and oxygen atoms in total. The van der Waals surface area contributed by atoms with E-state index in [0.717, 1.165) is 20.8 Å². The maximum absolute atomic E-state index is 12.4. The fourth-order valence-corrected chi connectivity index (χ4v) is 2.73. The molecule has 0 aliphatic carbocycles. The summed E-state index contributed by atoms with van der Waals surface area (Å²) in [6.45, 7) is 0. The Kier molecular flexibility index (Phi) is 3.92. The first-order valence-corrected chi connectivity index (χ1v) is 7.49. The van der Waals surface area contributed by atoms with E-state index in [1.165, 1.54) is 14.1 Å². The summed E-state index contributed by atoms with van der Waals surface area (Å²) in [5.74, 6) is -2.92. The van der Waals surface area contributed by atoms with Gasteiger partial charge in [-0.2, -0.15) is 0 Å². The summed E-state index contributed by atoms with van der Waals surface area (Å²) < 4.78 is 5.62. The van der Waals surface area contributed by atoms with Gasteiger partial charge in [0.2, 0.25) is 0 Å². The van der Waals surface area contributed by atoms with E-state index < -0.39 is 29.5 Å². The zero-order chi connectivity index (χ0) is 17.4. The number of carbonyl (C=O) groups is 4. The Morgan fingerprint density at radius 1 is 1.08 bits per heavy atom. The van der Waals surface area contributed by atoms with Gasteiger partial charge in [-0.3, -0.25) is 24.2 Å². The van der Waals surface area contributed by atoms with E-state index in [1.54, 1.807) is 0 Å². The second kappa shape index (κ2) is 5.92. The maximum Gasteiger partial charge on any atom is 0.332 e. The highest BCUT2D eigenvalue weighted by Gasteiger charge is 2.46. The number of urea groups is 1. The molecule has 0 N–H and O–H groups in total. The summed E-state index contributed by atoms with van der Waals surface area (Å²) in [7, 11) is 2.51. The summed E-state index contributed by atoms with van der Waals surface area (Å²) in [6, 6.07) is 8.55. The van der Waals surface area contributed by atoms with Crippen molar-refractivity contribution in [2.75, 3.05) is 14.1 Å². The number of fused-ring (bicyclic) bond motifs is 1. The van der Waals surface area contributed by atoms with Gasteiger partial charge in [-0.15, -0.1) is 0 Å². The number of rotatable bonds is 4. The number of Topliss-reactive ketones (excluding diaryl/α,β-unsaturated/α-hetero) is 1. The first kappa shape index (κ1) is 15.9. The number of hydrogen-bond donors (Lipinski definition) is 0. The molecule has 2 aromatic rings. The Bertz CT molecular complexity index is 797. The van der Waals surface area contributed by atoms with Crippen LogP contribution in [0.25, 0.3) is 11.0 Å². The molecule has 1 aromatic carbocycles. The topological polar surface area (TPSA) is 87.9 Å². The molecular weight excluding hydrogens is 312 g/mol. The monoisotopic (exact) mass is 328 g/mol. The highest BCUT2D eigenvalue weighted by molar-refractivity contribution is 6.26. The van der Waals surface area contributed by atoms with E-state index in [-0.39, 0.29) is 12.8 Å². The average molecular weight is 328 g/mol. The lowest BCUT2D eigenvalue weighted by molar-refractivity contribution is -0.151. The van der Waals surface area contributed by atoms with Crippen LogP contribution in [0.2, 0.25) is 0 Å². The number of ketones is 1. The predicted octanol–water partition coefficient (Wildman–Crippen LogP) is 1.60. The van der Waals surface area contributed by atoms with Crippen LogP contribution in [0.3, 0.4) is 0 Å². The van der Waals surface area contributed by atoms with Gasteiger partial charge in [-0.25, -0.2) is 4.79 Å². The van der Waals surface area contributed by atoms with Crippen molar-refractivity contribution in [2.45, 2.75) is 12.8 Å². The van der Waals surface area contributed by atoms with Gasteiger partial charge >= 0.3 is 6.03 Å². The van der Waals surface area contributed by atoms with Crippen LogP contribution in [0.5, 0.6) is 0 Å². The molecule has 0 bridgehead atoms. The lowest BCUT2D eigenvalue weighted by Gasteiger charge is -2.32. The van der Waals surface area contributed by atoms with Gasteiger partial charge in [0.1, 0.15) is 11.3 Å². The number of imide groups is 2. The van der Waals surface area contributed by atoms with Gasteiger partial charge in [0.05, 0.1) is 0 Å². The zero-order valence-electron chi connectivity index (χ0n) is 13.3. The van der Waals surface area contributed by atoms with Crippen LogP contribution in [-0.2, 0) is 20.8 Å². The first-order valence-electron chi connectivity index (χ1n) is 7.49. The Labute approximate surface area is 137 Å². The Hall–Kier alpha value is -2.96. The summed E-state index contributed by atoms with van der Waals surface area (Å²) in [6.07, 6.45) is 0.268. The van der Waals surface area contributed by atoms with E-state index in [9.17, 15) is 19.2 Å². The van der Waals surface area contributed by atoms with Crippen molar-refractivity contribution in [3.05, 3.63) is 36.1 Å². The second-order valence-electron chi connectivity index (χ2n) is 5.73. The quantitative estimate of drug-likeness (QED) is 0.796. The van der Waals surface area contributed by atoms with Crippen molar-refractivity contribution >= 4 is 34.6 Å². The Morgan fingerprint density at radius 3 is 2.33 bits per heavy atom. The minimum absolute atomic E-state index is 0.0160. The van der Waals surface area contributed by atoms with Crippen molar-refractivity contribution in [3.63, 3.8) is 0 Å². The fraction of sp³-hybridized carbons (Fsp3) is 0.294. The van der Waals surface area contributed by atoms with Crippen LogP contribution in [0, 0.1) is 5.92 Å². The number of para-hydroxylation sites is 1. The molecule has 7 heteroatoms. The average Bonchev–Trinajstić information content (AvgIpc) is 2.99. The van der Waals surface area contributed by atoms with E-state index >= 15 is 0 Å². The number of aryl methyl sites for hydroxylation is 1. The van der Waals surface area contributed by atoms with Crippen LogP contribution >= 0.6 is 0 Å². The number of hydrogen-bond acceptors (Lipinski definition) is 5. The molecule has 24 heavy (non-hydrogen) atoms. The van der Waals surface area contributed by atoms with Crippen LogP contribution in [0.4, 0.5) is 4.79 Å². The molecule has 0 unspecified atom stereocenters. The summed E-state index contributed by atoms with van der Waals surface area (Å²) in [5, 5.41) is 0.926. The fourth-order valence-electron chi connectivity index (χ4n) is 2.73. The zero-order valence-corrected chi connectivity index (χ0v) is 13.3. The van der Waals surface area contributed by atoms with Gasteiger partial charge in [0, 0.05) is 32.3 Å². The molecule has 0 spiro atoms. The van der Waals surface area contributed by atoms with Crippen molar-refractivity contribution < 1.29 is 23.6 Å². The van der Waals surface area contributed by atoms with Crippen LogP contribution < -0.4 is 0 Å². The number of nitrogens with zero attached hydrogens (tertiary/aromatic N) is 2. The first-order chi connectivity index (χ1) is 11.4. The van der Waals surface area contributed by atoms with Crippen molar-refractivity contribution in [1.82, 2.24) is 9.80 Å². The molecule has 1 aromatic heterocycles. The van der Waals surface area contributed by atoms with Crippen LogP contribution in [-0.4, -0.2) is 47.5 Å². The molecule has 1 saturated heterocycles. The van der Waals surface area contributed by atoms with Gasteiger partial charge in [-0.05, 0) is 12.1 Å². The van der Waals surface area contributed by atoms with E-state index in [4.69, 9.17) is 4.42 Å². The highest BCUT2D eigenvalue weighted by atomic mass is 16.3. The minimum atomic E-state index is -1.46. The third-order valence-corrected chi connectivity index (χ3v) is 4.15. The number of barbiturate groups is 1. The lowest BCUT2D eigenvalue weighted by atomic mass is 9.95. The molecule has 2 heterocycles. The largest absolute Gasteiger partial charge is 0.461 e. The smallest absolute Gasteiger partial charge is 0.332 e. The molecule has 124 valence electrons. The molecule has 3 rings (SSSR count). The predicted molar refractivity (Wildman–Crippen MR) is 84.0 cm³/mol. The van der Waals surface area contributed by atoms with Gasteiger partial charge in [-0.1, -0.05) is 18.2 Å². The van der Waals surface area contributed by atoms with Crippen molar-refractivity contribution in [2.24, 2.45) is 5.92 Å². The number of furan rings is 1. The summed E-state index contributed by atoms with van der Waals surface area (Å²) >= 11 is 0. The molecule has 1 fully saturated rings. The van der Waals surface area contributed by atoms with Crippen molar-refractivity contribution in [3.8, 4) is 0 Å². The Balaban J connectivity index is 1.73. The summed E-state index contributed by atoms with van der Waals surface area (Å²) in [4.78, 5) is 49.8. The third kappa shape index (κ3) is 2.58. The van der Waals surface area contributed by atoms with Crippen LogP contribution in [0.1, 0.15) is 12.2 Å². The third-order valence-electron chi connectivity index (χ3n) is 4.15. The number of benzene rings is 1. The number of carbonyl (C=O) groups excluding carboxylic acids is 4. The molecule has 1 aliphatic heterocycles. The molecular formula is C17H16N2O5. The second-order valence-corrected chi connectivity index (χ2v) is 5.73. The molecule has 0 radical (unpaired) electrons. The molecule has 0 saturated carbocycles. The van der Waals surface area contributed by atoms with E-state index in [2.05, 4.69) is 0 Å². The van der Waals surface area contributed by atoms with Gasteiger partial charge in [0.15, 0.2) is 11.7 Å². The number of amides is 4. The van der Waals surface area contributed by atoms with Gasteiger partial charge in [0.25, 0.3) is 11.8 Å². The minimum Gasteiger partial charge on any atom is -0.461 e. The van der Waals surface area contributed by atoms with E-state index in [0.29, 0.717) is 5.76 Å². The highest BCUT2D eigenvalue weighted by Crippen LogP contribution is 2.22. The Morgan fingerprint density at radius 2 is 1.71 bits per heavy atom. The SMILES string of the molecule is CN1C(=O)C(C(=O)CCc2cc3ccccc3o2)C(=O)N(C)C1=O. The van der Waals surface area contributed by atoms with Gasteiger partial charge < -0.3 is 4.42 Å². The molecule has 0 atom stereocenters.